The number of amides is 1. The largest absolute Gasteiger partial charge is 0.508 e. The third-order valence-electron chi connectivity index (χ3n) is 7.89. The first-order valence-corrected chi connectivity index (χ1v) is 12.1. The van der Waals surface area contributed by atoms with Crippen LogP contribution < -0.4 is 5.73 Å². The number of carbonyl (C=O) groups is 4. The van der Waals surface area contributed by atoms with Crippen LogP contribution in [0.5, 0.6) is 11.5 Å². The van der Waals surface area contributed by atoms with E-state index < -0.39 is 82.0 Å². The molecule has 0 radical (unpaired) electrons. The lowest BCUT2D eigenvalue weighted by Gasteiger charge is -2.51. The van der Waals surface area contributed by atoms with Gasteiger partial charge in [-0.1, -0.05) is 31.2 Å². The van der Waals surface area contributed by atoms with Gasteiger partial charge >= 0.3 is 5.97 Å². The van der Waals surface area contributed by atoms with Crippen molar-refractivity contribution in [2.45, 2.75) is 37.4 Å². The molecule has 2 aromatic rings. The molecule has 39 heavy (non-hydrogen) atoms. The molecule has 7 N–H and O–H groups in total. The quantitative estimate of drug-likeness (QED) is 0.245. The van der Waals surface area contributed by atoms with Gasteiger partial charge in [0.15, 0.2) is 11.4 Å². The van der Waals surface area contributed by atoms with Crippen LogP contribution in [0.25, 0.3) is 5.76 Å². The van der Waals surface area contributed by atoms with Gasteiger partial charge in [-0.25, -0.2) is 0 Å². The number of fused-ring (bicyclic) bond motifs is 3. The van der Waals surface area contributed by atoms with Gasteiger partial charge in [-0.05, 0) is 35.2 Å². The molecule has 0 unspecified atom stereocenters. The second kappa shape index (κ2) is 8.98. The number of carbonyl (C=O) groups excluding carboxylic acids is 4. The van der Waals surface area contributed by atoms with E-state index in [2.05, 4.69) is 0 Å². The van der Waals surface area contributed by atoms with E-state index >= 15 is 0 Å². The molecule has 0 heterocycles. The number of ether oxygens (including phenoxy) is 1. The Hall–Kier alpha value is -4.64. The number of hydrogen-bond donors (Lipinski definition) is 6. The van der Waals surface area contributed by atoms with Gasteiger partial charge in [-0.2, -0.15) is 0 Å². The topological polar surface area (TPSA) is 205 Å². The average molecular weight is 536 g/mol. The van der Waals surface area contributed by atoms with Crippen molar-refractivity contribution in [1.82, 2.24) is 0 Å². The van der Waals surface area contributed by atoms with Crippen LogP contribution >= 0.6 is 0 Å². The monoisotopic (exact) mass is 535 g/mol. The Morgan fingerprint density at radius 1 is 1.05 bits per heavy atom. The van der Waals surface area contributed by atoms with Crippen molar-refractivity contribution in [2.24, 2.45) is 17.6 Å². The molecule has 1 fully saturated rings. The molecule has 0 saturated heterocycles. The van der Waals surface area contributed by atoms with Crippen LogP contribution in [0.2, 0.25) is 0 Å². The number of aromatic hydroxyl groups is 2. The Kier molecular flexibility index (Phi) is 5.99. The van der Waals surface area contributed by atoms with Gasteiger partial charge in [0.1, 0.15) is 34.7 Å². The highest BCUT2D eigenvalue weighted by molar-refractivity contribution is 6.23. The van der Waals surface area contributed by atoms with Crippen molar-refractivity contribution >= 4 is 29.2 Å². The minimum Gasteiger partial charge on any atom is -0.508 e. The lowest BCUT2D eigenvalue weighted by molar-refractivity contribution is -0.178. The van der Waals surface area contributed by atoms with E-state index in [1.807, 2.05) is 0 Å². The predicted octanol–water partition coefficient (Wildman–Crippen LogP) is 1.45. The maximum atomic E-state index is 13.9. The zero-order valence-electron chi connectivity index (χ0n) is 20.6. The first kappa shape index (κ1) is 26.0. The molecule has 11 nitrogen and oxygen atoms in total. The highest BCUT2D eigenvalue weighted by atomic mass is 16.5. The van der Waals surface area contributed by atoms with E-state index in [9.17, 15) is 44.7 Å². The molecule has 1 amide bonds. The molecule has 11 heteroatoms. The van der Waals surface area contributed by atoms with Crippen LogP contribution in [0.1, 0.15) is 36.0 Å². The number of aliphatic hydroxyl groups is 3. The van der Waals surface area contributed by atoms with E-state index in [0.717, 1.165) is 0 Å². The number of primary amides is 1. The Balaban J connectivity index is 1.68. The number of phenols is 2. The van der Waals surface area contributed by atoms with E-state index in [0.29, 0.717) is 11.1 Å². The number of phenolic OH excluding ortho intramolecular Hbond substituents is 2. The molecular weight excluding hydrogens is 510 g/mol. The van der Waals surface area contributed by atoms with E-state index in [-0.39, 0.29) is 23.5 Å². The van der Waals surface area contributed by atoms with Crippen LogP contribution in [0.4, 0.5) is 0 Å². The summed E-state index contributed by atoms with van der Waals surface area (Å²) < 4.78 is 5.81. The number of aliphatic hydroxyl groups excluding tert-OH is 2. The van der Waals surface area contributed by atoms with Crippen molar-refractivity contribution in [3.05, 3.63) is 76.1 Å². The first-order chi connectivity index (χ1) is 18.4. The summed E-state index contributed by atoms with van der Waals surface area (Å²) in [4.78, 5) is 51.8. The summed E-state index contributed by atoms with van der Waals surface area (Å²) in [6.45, 7) is 1.67. The van der Waals surface area contributed by atoms with Gasteiger partial charge in [0.2, 0.25) is 5.78 Å². The van der Waals surface area contributed by atoms with E-state index in [1.165, 1.54) is 36.4 Å². The highest BCUT2D eigenvalue weighted by Gasteiger charge is 2.66. The van der Waals surface area contributed by atoms with Crippen molar-refractivity contribution in [1.29, 1.82) is 0 Å². The number of nitrogens with two attached hydrogens (primary N) is 1. The highest BCUT2D eigenvalue weighted by Crippen LogP contribution is 2.56. The number of esters is 1. The number of rotatable bonds is 4. The lowest BCUT2D eigenvalue weighted by Crippen LogP contribution is -2.64. The van der Waals surface area contributed by atoms with Crippen LogP contribution in [0.3, 0.4) is 0 Å². The Morgan fingerprint density at radius 3 is 2.36 bits per heavy atom. The molecular formula is C28H25NO10. The van der Waals surface area contributed by atoms with Crippen LogP contribution in [-0.4, -0.2) is 60.7 Å². The maximum absolute atomic E-state index is 13.9. The van der Waals surface area contributed by atoms with Gasteiger partial charge in [-0.3, -0.25) is 19.2 Å². The molecule has 0 aromatic heterocycles. The fourth-order valence-corrected chi connectivity index (χ4v) is 6.06. The van der Waals surface area contributed by atoms with Gasteiger partial charge in [0.25, 0.3) is 5.91 Å². The second-order valence-electron chi connectivity index (χ2n) is 10.0. The normalized spacial score (nSPS) is 27.9. The number of Topliss-reactive ketones (excluding diaryl/α,β-unsaturated/α-hetero) is 2. The lowest BCUT2D eigenvalue weighted by atomic mass is 9.55. The summed E-state index contributed by atoms with van der Waals surface area (Å²) in [7, 11) is 0. The van der Waals surface area contributed by atoms with E-state index in [4.69, 9.17) is 10.5 Å². The van der Waals surface area contributed by atoms with Gasteiger partial charge in [0, 0.05) is 23.8 Å². The first-order valence-electron chi connectivity index (χ1n) is 12.1. The molecule has 3 aliphatic carbocycles. The number of ketones is 2. The molecule has 0 spiro atoms. The summed E-state index contributed by atoms with van der Waals surface area (Å²) in [6, 6.07) is 10.2. The predicted molar refractivity (Wildman–Crippen MR) is 133 cm³/mol. The molecule has 5 atom stereocenters. The van der Waals surface area contributed by atoms with Gasteiger partial charge < -0.3 is 36.0 Å². The van der Waals surface area contributed by atoms with Gasteiger partial charge in [0.05, 0.1) is 12.0 Å². The second-order valence-corrected chi connectivity index (χ2v) is 10.0. The minimum atomic E-state index is -2.93. The maximum Gasteiger partial charge on any atom is 0.310 e. The van der Waals surface area contributed by atoms with Gasteiger partial charge in [-0.15, -0.1) is 0 Å². The number of benzene rings is 2. The molecule has 2 aromatic carbocycles. The van der Waals surface area contributed by atoms with E-state index in [1.54, 1.807) is 13.0 Å². The smallest absolute Gasteiger partial charge is 0.310 e. The fourth-order valence-electron chi connectivity index (χ4n) is 6.06. The zero-order valence-corrected chi connectivity index (χ0v) is 20.6. The van der Waals surface area contributed by atoms with Crippen molar-refractivity contribution in [2.75, 3.05) is 0 Å². The molecule has 0 aliphatic heterocycles. The Morgan fingerprint density at radius 2 is 1.72 bits per heavy atom. The van der Waals surface area contributed by atoms with Crippen LogP contribution in [0.15, 0.2) is 59.4 Å². The molecule has 5 rings (SSSR count). The fraction of sp³-hybridized carbons (Fsp3) is 0.286. The SMILES string of the molecule is C[C@H]1c2cccc(O)c2C(O)=C2C(=O)[C@]3(O)C(O)=C(C(N)=O)C(=O)C[C@@H]3[C@@H](OC(=O)Cc3ccc(O)cc3)[C@@H]21. The Labute approximate surface area is 221 Å². The minimum absolute atomic E-state index is 0.0144. The summed E-state index contributed by atoms with van der Waals surface area (Å²) in [5, 5.41) is 53.8. The molecule has 1 saturated carbocycles. The van der Waals surface area contributed by atoms with Crippen molar-refractivity contribution in [3.8, 4) is 11.5 Å². The third-order valence-corrected chi connectivity index (χ3v) is 7.89. The summed E-state index contributed by atoms with van der Waals surface area (Å²) >= 11 is 0. The molecule has 0 bridgehead atoms. The Bertz CT molecular complexity index is 1500. The van der Waals surface area contributed by atoms with Crippen LogP contribution in [-0.2, 0) is 30.3 Å². The zero-order chi connectivity index (χ0) is 28.4. The standard InChI is InChI=1S/C28H25NO10/c1-11-14-3-2-4-16(31)20(14)23(34)22-19(11)24(39-18(33)9-12-5-7-13(30)8-6-12)15-10-17(32)21(27(29)37)25(35)28(15,38)26(22)36/h2-8,11,15,19,24,30-31,34-35,38H,9-10H2,1H3,(H2,29,37)/t11-,15+,19+,24+,28+/m0/s1. The summed E-state index contributed by atoms with van der Waals surface area (Å²) in [6.07, 6.45) is -2.37. The van der Waals surface area contributed by atoms with Crippen molar-refractivity contribution < 1.29 is 49.4 Å². The average Bonchev–Trinajstić information content (AvgIpc) is 2.87. The summed E-state index contributed by atoms with van der Waals surface area (Å²) in [5.41, 5.74) is 1.78. The molecule has 202 valence electrons. The molecule has 3 aliphatic rings. The third kappa shape index (κ3) is 3.76. The summed E-state index contributed by atoms with van der Waals surface area (Å²) in [5.74, 6) is -9.93. The number of hydrogen-bond acceptors (Lipinski definition) is 10. The van der Waals surface area contributed by atoms with Crippen molar-refractivity contribution in [3.63, 3.8) is 0 Å². The van der Waals surface area contributed by atoms with Crippen LogP contribution in [0, 0.1) is 11.8 Å².